The number of hydrogen-bond acceptors (Lipinski definition) is 3. The summed E-state index contributed by atoms with van der Waals surface area (Å²) in [4.78, 5) is 27.0. The van der Waals surface area contributed by atoms with Crippen LogP contribution in [0.4, 0.5) is 0 Å². The number of likely N-dealkylation sites (N-methyl/N-ethyl adjacent to an activating group) is 1. The molecule has 0 radical (unpaired) electrons. The van der Waals surface area contributed by atoms with Crippen molar-refractivity contribution in [2.24, 2.45) is 0 Å². The van der Waals surface area contributed by atoms with Crippen LogP contribution in [0, 0.1) is 0 Å². The monoisotopic (exact) mass is 239 g/mol. The molecule has 5 nitrogen and oxygen atoms in total. The lowest BCUT2D eigenvalue weighted by molar-refractivity contribution is -0.131. The van der Waals surface area contributed by atoms with Gasteiger partial charge in [-0.15, -0.1) is 0 Å². The molecule has 1 N–H and O–H groups in total. The van der Waals surface area contributed by atoms with Gasteiger partial charge in [-0.25, -0.2) is 0 Å². The summed E-state index contributed by atoms with van der Waals surface area (Å²) in [7, 11) is 1.82. The Balaban J connectivity index is 1.65. The predicted octanol–water partition coefficient (Wildman–Crippen LogP) is -0.181. The van der Waals surface area contributed by atoms with Crippen molar-refractivity contribution in [2.75, 3.05) is 33.2 Å². The number of rotatable bonds is 4. The third kappa shape index (κ3) is 2.97. The van der Waals surface area contributed by atoms with Gasteiger partial charge in [-0.2, -0.15) is 0 Å². The third-order valence-electron chi connectivity index (χ3n) is 3.62. The first-order valence-electron chi connectivity index (χ1n) is 6.44. The lowest BCUT2D eigenvalue weighted by Gasteiger charge is -2.16. The van der Waals surface area contributed by atoms with E-state index in [0.29, 0.717) is 13.0 Å². The fourth-order valence-electron chi connectivity index (χ4n) is 2.49. The Labute approximate surface area is 102 Å². The maximum atomic E-state index is 11.8. The van der Waals surface area contributed by atoms with Gasteiger partial charge in [0.25, 0.3) is 0 Å². The minimum absolute atomic E-state index is 0.0774. The highest BCUT2D eigenvalue weighted by Crippen LogP contribution is 2.10. The van der Waals surface area contributed by atoms with E-state index in [1.165, 1.54) is 0 Å². The van der Waals surface area contributed by atoms with Crippen LogP contribution in [0.2, 0.25) is 0 Å². The highest BCUT2D eigenvalue weighted by Gasteiger charge is 2.28. The van der Waals surface area contributed by atoms with E-state index in [1.807, 2.05) is 11.9 Å². The van der Waals surface area contributed by atoms with Gasteiger partial charge in [0.2, 0.25) is 11.8 Å². The van der Waals surface area contributed by atoms with Crippen LogP contribution in [0.3, 0.4) is 0 Å². The average Bonchev–Trinajstić information content (AvgIpc) is 2.93. The summed E-state index contributed by atoms with van der Waals surface area (Å²) >= 11 is 0. The quantitative estimate of drug-likeness (QED) is 0.740. The minimum Gasteiger partial charge on any atom is -0.344 e. The van der Waals surface area contributed by atoms with Crippen molar-refractivity contribution in [1.82, 2.24) is 15.1 Å². The molecule has 2 aliphatic rings. The second-order valence-corrected chi connectivity index (χ2v) is 4.89. The van der Waals surface area contributed by atoms with E-state index in [0.717, 1.165) is 38.9 Å². The molecule has 96 valence electrons. The molecule has 17 heavy (non-hydrogen) atoms. The van der Waals surface area contributed by atoms with Gasteiger partial charge in [-0.1, -0.05) is 0 Å². The lowest BCUT2D eigenvalue weighted by atomic mass is 10.2. The third-order valence-corrected chi connectivity index (χ3v) is 3.62. The average molecular weight is 239 g/mol. The molecule has 2 rings (SSSR count). The van der Waals surface area contributed by atoms with Crippen LogP contribution < -0.4 is 5.32 Å². The number of likely N-dealkylation sites (tertiary alicyclic amines) is 2. The van der Waals surface area contributed by atoms with Crippen LogP contribution in [0.15, 0.2) is 0 Å². The SMILES string of the molecule is CN1CCC(NCCC(=O)N2CCCC2)C1=O. The summed E-state index contributed by atoms with van der Waals surface area (Å²) in [5.41, 5.74) is 0. The molecule has 0 spiro atoms. The molecule has 2 amide bonds. The molecule has 2 fully saturated rings. The molecule has 0 aromatic carbocycles. The van der Waals surface area contributed by atoms with E-state index in [1.54, 1.807) is 4.90 Å². The van der Waals surface area contributed by atoms with Gasteiger partial charge in [0.05, 0.1) is 6.04 Å². The summed E-state index contributed by atoms with van der Waals surface area (Å²) < 4.78 is 0. The van der Waals surface area contributed by atoms with Crippen LogP contribution in [-0.4, -0.2) is 60.9 Å². The first-order chi connectivity index (χ1) is 8.18. The molecule has 0 aromatic heterocycles. The molecule has 0 bridgehead atoms. The Bertz CT molecular complexity index is 300. The molecule has 0 aromatic rings. The van der Waals surface area contributed by atoms with Crippen LogP contribution in [0.25, 0.3) is 0 Å². The topological polar surface area (TPSA) is 52.7 Å². The van der Waals surface area contributed by atoms with Crippen LogP contribution >= 0.6 is 0 Å². The number of amides is 2. The second-order valence-electron chi connectivity index (χ2n) is 4.89. The maximum Gasteiger partial charge on any atom is 0.239 e. The van der Waals surface area contributed by atoms with E-state index >= 15 is 0 Å². The Kier molecular flexibility index (Phi) is 3.99. The number of hydrogen-bond donors (Lipinski definition) is 1. The predicted molar refractivity (Wildman–Crippen MR) is 64.5 cm³/mol. The smallest absolute Gasteiger partial charge is 0.239 e. The molecule has 0 aliphatic carbocycles. The molecule has 1 atom stereocenters. The molecule has 5 heteroatoms. The Morgan fingerprint density at radius 3 is 2.65 bits per heavy atom. The second kappa shape index (κ2) is 5.49. The first-order valence-corrected chi connectivity index (χ1v) is 6.44. The summed E-state index contributed by atoms with van der Waals surface area (Å²) in [6.45, 7) is 3.24. The Morgan fingerprint density at radius 1 is 1.35 bits per heavy atom. The number of nitrogens with one attached hydrogen (secondary N) is 1. The summed E-state index contributed by atoms with van der Waals surface area (Å²) in [6.07, 6.45) is 3.62. The number of nitrogens with zero attached hydrogens (tertiary/aromatic N) is 2. The summed E-state index contributed by atoms with van der Waals surface area (Å²) in [5.74, 6) is 0.368. The first kappa shape index (κ1) is 12.4. The number of carbonyl (C=O) groups excluding carboxylic acids is 2. The van der Waals surface area contributed by atoms with E-state index in [9.17, 15) is 9.59 Å². The minimum atomic E-state index is -0.0774. The molecular formula is C12H21N3O2. The maximum absolute atomic E-state index is 11.8. The van der Waals surface area contributed by atoms with Crippen molar-refractivity contribution < 1.29 is 9.59 Å². The van der Waals surface area contributed by atoms with Gasteiger partial charge in [-0.05, 0) is 19.3 Å². The molecule has 1 unspecified atom stereocenters. The zero-order chi connectivity index (χ0) is 12.3. The number of carbonyl (C=O) groups is 2. The highest BCUT2D eigenvalue weighted by molar-refractivity contribution is 5.83. The molecule has 0 saturated carbocycles. The van der Waals surface area contributed by atoms with Crippen molar-refractivity contribution >= 4 is 11.8 Å². The van der Waals surface area contributed by atoms with Gasteiger partial charge >= 0.3 is 0 Å². The van der Waals surface area contributed by atoms with Crippen molar-refractivity contribution in [3.63, 3.8) is 0 Å². The van der Waals surface area contributed by atoms with Gasteiger partial charge in [0.1, 0.15) is 0 Å². The van der Waals surface area contributed by atoms with E-state index in [2.05, 4.69) is 5.32 Å². The Hall–Kier alpha value is -1.10. The normalized spacial score (nSPS) is 24.8. The van der Waals surface area contributed by atoms with Crippen molar-refractivity contribution in [3.05, 3.63) is 0 Å². The molecule has 2 heterocycles. The highest BCUT2D eigenvalue weighted by atomic mass is 16.2. The van der Waals surface area contributed by atoms with Crippen molar-refractivity contribution in [2.45, 2.75) is 31.7 Å². The van der Waals surface area contributed by atoms with Gasteiger partial charge in [0, 0.05) is 39.6 Å². The Morgan fingerprint density at radius 2 is 2.06 bits per heavy atom. The van der Waals surface area contributed by atoms with Crippen LogP contribution in [-0.2, 0) is 9.59 Å². The fourth-order valence-corrected chi connectivity index (χ4v) is 2.49. The van der Waals surface area contributed by atoms with Crippen molar-refractivity contribution in [1.29, 1.82) is 0 Å². The van der Waals surface area contributed by atoms with Crippen molar-refractivity contribution in [3.8, 4) is 0 Å². The lowest BCUT2D eigenvalue weighted by Crippen LogP contribution is -2.39. The molecular weight excluding hydrogens is 218 g/mol. The summed E-state index contributed by atoms with van der Waals surface area (Å²) in [5, 5.41) is 3.18. The summed E-state index contributed by atoms with van der Waals surface area (Å²) in [6, 6.07) is -0.0774. The van der Waals surface area contributed by atoms with Gasteiger partial charge < -0.3 is 15.1 Å². The standard InChI is InChI=1S/C12H21N3O2/c1-14-9-5-10(12(14)17)13-6-4-11(16)15-7-2-3-8-15/h10,13H,2-9H2,1H3. The van der Waals surface area contributed by atoms with E-state index in [4.69, 9.17) is 0 Å². The van der Waals surface area contributed by atoms with Gasteiger partial charge in [-0.3, -0.25) is 9.59 Å². The molecule has 2 saturated heterocycles. The van der Waals surface area contributed by atoms with E-state index < -0.39 is 0 Å². The van der Waals surface area contributed by atoms with E-state index in [-0.39, 0.29) is 17.9 Å². The van der Waals surface area contributed by atoms with Crippen LogP contribution in [0.5, 0.6) is 0 Å². The molecule has 2 aliphatic heterocycles. The zero-order valence-electron chi connectivity index (χ0n) is 10.4. The largest absolute Gasteiger partial charge is 0.344 e. The zero-order valence-corrected chi connectivity index (χ0v) is 10.4. The van der Waals surface area contributed by atoms with Crippen LogP contribution in [0.1, 0.15) is 25.7 Å². The van der Waals surface area contributed by atoms with Gasteiger partial charge in [0.15, 0.2) is 0 Å². The fraction of sp³-hybridized carbons (Fsp3) is 0.833.